The first-order chi connectivity index (χ1) is 9.56. The highest BCUT2D eigenvalue weighted by molar-refractivity contribution is 9.10. The van der Waals surface area contributed by atoms with Crippen LogP contribution >= 0.6 is 15.9 Å². The van der Waals surface area contributed by atoms with Gasteiger partial charge in [0.2, 0.25) is 0 Å². The summed E-state index contributed by atoms with van der Waals surface area (Å²) in [5.41, 5.74) is 0.482. The van der Waals surface area contributed by atoms with Crippen molar-refractivity contribution in [1.29, 1.82) is 0 Å². The quantitative estimate of drug-likeness (QED) is 0.878. The molecule has 0 bridgehead atoms. The van der Waals surface area contributed by atoms with E-state index in [2.05, 4.69) is 27.8 Å². The van der Waals surface area contributed by atoms with Gasteiger partial charge in [0, 0.05) is 12.6 Å². The van der Waals surface area contributed by atoms with Crippen LogP contribution in [0.4, 0.5) is 10.1 Å². The Kier molecular flexibility index (Phi) is 5.02. The van der Waals surface area contributed by atoms with E-state index in [1.807, 2.05) is 0 Å². The average molecular weight is 344 g/mol. The molecular formula is C15H19BrFNO2. The largest absolute Gasteiger partial charge is 0.478 e. The van der Waals surface area contributed by atoms with Crippen LogP contribution in [-0.4, -0.2) is 23.7 Å². The third-order valence-electron chi connectivity index (χ3n) is 3.85. The minimum Gasteiger partial charge on any atom is -0.478 e. The van der Waals surface area contributed by atoms with Crippen molar-refractivity contribution in [2.24, 2.45) is 0 Å². The number of halogens is 2. The Morgan fingerprint density at radius 3 is 2.90 bits per heavy atom. The Morgan fingerprint density at radius 1 is 1.50 bits per heavy atom. The number of nitrogens with zero attached hydrogens (tertiary/aromatic N) is 1. The zero-order chi connectivity index (χ0) is 14.7. The smallest absolute Gasteiger partial charge is 0.336 e. The second-order valence-corrected chi connectivity index (χ2v) is 5.99. The van der Waals surface area contributed by atoms with E-state index < -0.39 is 11.8 Å². The van der Waals surface area contributed by atoms with Gasteiger partial charge < -0.3 is 10.0 Å². The monoisotopic (exact) mass is 343 g/mol. The van der Waals surface area contributed by atoms with Crippen molar-refractivity contribution < 1.29 is 14.3 Å². The predicted molar refractivity (Wildman–Crippen MR) is 81.0 cm³/mol. The number of aromatic carboxylic acids is 1. The lowest BCUT2D eigenvalue weighted by molar-refractivity contribution is 0.0695. The lowest BCUT2D eigenvalue weighted by Gasteiger charge is -2.38. The van der Waals surface area contributed by atoms with E-state index in [9.17, 15) is 9.18 Å². The number of hydrogen-bond acceptors (Lipinski definition) is 2. The molecule has 1 saturated heterocycles. The second-order valence-electron chi connectivity index (χ2n) is 5.20. The fourth-order valence-electron chi connectivity index (χ4n) is 2.88. The minimum atomic E-state index is -1.12. The van der Waals surface area contributed by atoms with Gasteiger partial charge in [-0.25, -0.2) is 9.18 Å². The van der Waals surface area contributed by atoms with Crippen LogP contribution in [0.25, 0.3) is 0 Å². The van der Waals surface area contributed by atoms with Gasteiger partial charge in [-0.2, -0.15) is 0 Å². The van der Waals surface area contributed by atoms with Crippen molar-refractivity contribution >= 4 is 27.6 Å². The Hall–Kier alpha value is -1.10. The fraction of sp³-hybridized carbons (Fsp3) is 0.533. The molecule has 0 aromatic heterocycles. The molecule has 20 heavy (non-hydrogen) atoms. The topological polar surface area (TPSA) is 40.5 Å². The number of carboxylic acids is 1. The maximum absolute atomic E-state index is 14.5. The summed E-state index contributed by atoms with van der Waals surface area (Å²) in [5, 5.41) is 9.02. The summed E-state index contributed by atoms with van der Waals surface area (Å²) in [7, 11) is 0. The number of carbonyl (C=O) groups is 1. The highest BCUT2D eigenvalue weighted by Gasteiger charge is 2.26. The molecule has 1 aliphatic heterocycles. The normalized spacial score (nSPS) is 19.1. The maximum Gasteiger partial charge on any atom is 0.336 e. The van der Waals surface area contributed by atoms with Gasteiger partial charge in [0.25, 0.3) is 0 Å². The highest BCUT2D eigenvalue weighted by atomic mass is 79.9. The third kappa shape index (κ3) is 2.97. The molecule has 5 heteroatoms. The van der Waals surface area contributed by atoms with Gasteiger partial charge in [0.05, 0.1) is 15.7 Å². The van der Waals surface area contributed by atoms with Gasteiger partial charge >= 0.3 is 5.97 Å². The number of hydrogen-bond donors (Lipinski definition) is 1. The van der Waals surface area contributed by atoms with Crippen LogP contribution in [0.3, 0.4) is 0 Å². The van der Waals surface area contributed by atoms with Crippen molar-refractivity contribution in [2.45, 2.75) is 45.1 Å². The highest BCUT2D eigenvalue weighted by Crippen LogP contribution is 2.34. The van der Waals surface area contributed by atoms with Gasteiger partial charge in [-0.15, -0.1) is 0 Å². The van der Waals surface area contributed by atoms with Crippen LogP contribution in [-0.2, 0) is 0 Å². The first-order valence-electron chi connectivity index (χ1n) is 7.04. The van der Waals surface area contributed by atoms with Crippen molar-refractivity contribution in [1.82, 2.24) is 0 Å². The lowest BCUT2D eigenvalue weighted by Crippen LogP contribution is -2.40. The molecule has 1 heterocycles. The minimum absolute atomic E-state index is 0.0321. The Labute approximate surface area is 126 Å². The zero-order valence-corrected chi connectivity index (χ0v) is 13.1. The van der Waals surface area contributed by atoms with E-state index in [1.165, 1.54) is 12.5 Å². The molecule has 1 fully saturated rings. The average Bonchev–Trinajstić information content (AvgIpc) is 2.43. The van der Waals surface area contributed by atoms with Crippen LogP contribution in [0, 0.1) is 5.82 Å². The summed E-state index contributed by atoms with van der Waals surface area (Å²) in [4.78, 5) is 13.1. The molecule has 1 aliphatic rings. The third-order valence-corrected chi connectivity index (χ3v) is 4.63. The molecule has 0 radical (unpaired) electrons. The molecule has 110 valence electrons. The second kappa shape index (κ2) is 6.57. The molecule has 0 saturated carbocycles. The van der Waals surface area contributed by atoms with E-state index in [4.69, 9.17) is 5.11 Å². The molecule has 2 rings (SSSR count). The van der Waals surface area contributed by atoms with Crippen molar-refractivity contribution in [3.05, 3.63) is 28.0 Å². The standard InChI is InChI=1S/C15H19BrFNO2/c1-2-5-10-6-3-4-9-18(10)12-8-7-11(15(19)20)13(16)14(12)17/h7-8,10H,2-6,9H2,1H3,(H,19,20). The summed E-state index contributed by atoms with van der Waals surface area (Å²) in [6.07, 6.45) is 5.41. The SMILES string of the molecule is CCCC1CCCCN1c1ccc(C(=O)O)c(Br)c1F. The summed E-state index contributed by atoms with van der Waals surface area (Å²) >= 11 is 3.07. The number of piperidine rings is 1. The molecule has 0 aliphatic carbocycles. The first-order valence-corrected chi connectivity index (χ1v) is 7.83. The zero-order valence-electron chi connectivity index (χ0n) is 11.5. The van der Waals surface area contributed by atoms with Gasteiger partial charge in [-0.05, 0) is 53.7 Å². The predicted octanol–water partition coefficient (Wildman–Crippen LogP) is 4.45. The molecule has 0 spiro atoms. The van der Waals surface area contributed by atoms with Crippen LogP contribution in [0.15, 0.2) is 16.6 Å². The summed E-state index contributed by atoms with van der Waals surface area (Å²) in [6.45, 7) is 2.97. The van der Waals surface area contributed by atoms with Gasteiger partial charge in [-0.3, -0.25) is 0 Å². The fourth-order valence-corrected chi connectivity index (χ4v) is 3.38. The molecular weight excluding hydrogens is 325 g/mol. The molecule has 1 atom stereocenters. The number of anilines is 1. The van der Waals surface area contributed by atoms with E-state index >= 15 is 0 Å². The van der Waals surface area contributed by atoms with Crippen LogP contribution in [0.1, 0.15) is 49.4 Å². The van der Waals surface area contributed by atoms with Gasteiger partial charge in [0.1, 0.15) is 0 Å². The molecule has 1 unspecified atom stereocenters. The Morgan fingerprint density at radius 2 is 2.25 bits per heavy atom. The summed E-state index contributed by atoms with van der Waals surface area (Å²) in [5.74, 6) is -1.58. The molecule has 3 nitrogen and oxygen atoms in total. The van der Waals surface area contributed by atoms with Crippen LogP contribution in [0.5, 0.6) is 0 Å². The van der Waals surface area contributed by atoms with E-state index in [0.29, 0.717) is 11.7 Å². The number of carboxylic acid groups (broad SMARTS) is 1. The lowest BCUT2D eigenvalue weighted by atomic mass is 9.97. The molecule has 0 amide bonds. The number of benzene rings is 1. The first kappa shape index (κ1) is 15.3. The Bertz CT molecular complexity index is 505. The van der Waals surface area contributed by atoms with Gasteiger partial charge in [0.15, 0.2) is 5.82 Å². The van der Waals surface area contributed by atoms with Crippen molar-refractivity contribution in [2.75, 3.05) is 11.4 Å². The molecule has 1 aromatic rings. The molecule has 1 aromatic carbocycles. The Balaban J connectivity index is 2.36. The van der Waals surface area contributed by atoms with Crippen molar-refractivity contribution in [3.63, 3.8) is 0 Å². The number of rotatable bonds is 4. The van der Waals surface area contributed by atoms with E-state index in [-0.39, 0.29) is 10.0 Å². The van der Waals surface area contributed by atoms with Crippen LogP contribution < -0.4 is 4.90 Å². The summed E-state index contributed by atoms with van der Waals surface area (Å²) in [6, 6.07) is 3.42. The summed E-state index contributed by atoms with van der Waals surface area (Å²) < 4.78 is 14.5. The molecule has 1 N–H and O–H groups in total. The van der Waals surface area contributed by atoms with Gasteiger partial charge in [-0.1, -0.05) is 13.3 Å². The van der Waals surface area contributed by atoms with Crippen molar-refractivity contribution in [3.8, 4) is 0 Å². The van der Waals surface area contributed by atoms with Crippen LogP contribution in [0.2, 0.25) is 0 Å². The van der Waals surface area contributed by atoms with E-state index in [1.54, 1.807) is 6.07 Å². The maximum atomic E-state index is 14.5. The van der Waals surface area contributed by atoms with E-state index in [0.717, 1.165) is 32.2 Å².